The summed E-state index contributed by atoms with van der Waals surface area (Å²) >= 11 is 1.91. The Morgan fingerprint density at radius 3 is 2.52 bits per heavy atom. The highest BCUT2D eigenvalue weighted by Gasteiger charge is 2.45. The maximum atomic E-state index is 6.69. The molecule has 142 valence electrons. The van der Waals surface area contributed by atoms with Gasteiger partial charge in [0.1, 0.15) is 10.8 Å². The van der Waals surface area contributed by atoms with Crippen LogP contribution in [0.2, 0.25) is 0 Å². The molecule has 0 unspecified atom stereocenters. The lowest BCUT2D eigenvalue weighted by Crippen LogP contribution is -2.44. The summed E-state index contributed by atoms with van der Waals surface area (Å²) in [6, 6.07) is 8.90. The molecule has 3 aliphatic rings. The fourth-order valence-electron chi connectivity index (χ4n) is 5.20. The predicted octanol–water partition coefficient (Wildman–Crippen LogP) is 4.35. The summed E-state index contributed by atoms with van der Waals surface area (Å²) in [6.07, 6.45) is 12.7. The van der Waals surface area contributed by atoms with Gasteiger partial charge in [0.05, 0.1) is 12.4 Å². The number of hydrogen-bond donors (Lipinski definition) is 1. The van der Waals surface area contributed by atoms with E-state index in [1.165, 1.54) is 36.8 Å². The molecule has 1 spiro atoms. The maximum absolute atomic E-state index is 6.69. The van der Waals surface area contributed by atoms with Crippen molar-refractivity contribution in [3.63, 3.8) is 0 Å². The van der Waals surface area contributed by atoms with Crippen molar-refractivity contribution in [3.8, 4) is 0 Å². The van der Waals surface area contributed by atoms with Crippen molar-refractivity contribution in [2.75, 3.05) is 18.0 Å². The minimum Gasteiger partial charge on any atom is -0.355 e. The van der Waals surface area contributed by atoms with Crippen LogP contribution >= 0.6 is 11.8 Å². The van der Waals surface area contributed by atoms with Crippen LogP contribution in [0.5, 0.6) is 0 Å². The van der Waals surface area contributed by atoms with E-state index in [-0.39, 0.29) is 11.5 Å². The molecule has 1 saturated heterocycles. The molecule has 1 saturated carbocycles. The van der Waals surface area contributed by atoms with E-state index < -0.39 is 0 Å². The number of anilines is 1. The fraction of sp³-hybridized carbons (Fsp3) is 0.545. The molecule has 27 heavy (non-hydrogen) atoms. The second kappa shape index (κ2) is 7.10. The molecule has 1 atom stereocenters. The lowest BCUT2D eigenvalue weighted by molar-refractivity contribution is 0.187. The van der Waals surface area contributed by atoms with E-state index in [0.717, 1.165) is 48.4 Å². The molecular weight excluding hydrogens is 352 g/mol. The first-order valence-corrected chi connectivity index (χ1v) is 11.2. The minimum absolute atomic E-state index is 0.173. The van der Waals surface area contributed by atoms with Crippen molar-refractivity contribution in [1.29, 1.82) is 0 Å². The summed E-state index contributed by atoms with van der Waals surface area (Å²) in [5.74, 6) is 1.02. The molecule has 5 heteroatoms. The van der Waals surface area contributed by atoms with Gasteiger partial charge in [0, 0.05) is 24.4 Å². The third-order valence-electron chi connectivity index (χ3n) is 6.88. The lowest BCUT2D eigenvalue weighted by atomic mass is 9.73. The van der Waals surface area contributed by atoms with Gasteiger partial charge in [-0.2, -0.15) is 0 Å². The van der Waals surface area contributed by atoms with Crippen LogP contribution in [0, 0.1) is 5.41 Å². The number of piperidine rings is 1. The van der Waals surface area contributed by atoms with E-state index >= 15 is 0 Å². The Kier molecular flexibility index (Phi) is 4.60. The topological polar surface area (TPSA) is 55.0 Å². The van der Waals surface area contributed by atoms with Crippen LogP contribution in [-0.2, 0) is 6.42 Å². The molecule has 1 aromatic heterocycles. The number of nitrogens with zero attached hydrogens (tertiary/aromatic N) is 3. The molecule has 2 N–H and O–H groups in total. The van der Waals surface area contributed by atoms with E-state index in [9.17, 15) is 0 Å². The number of nitrogens with two attached hydrogens (primary N) is 1. The molecule has 2 heterocycles. The third kappa shape index (κ3) is 3.25. The van der Waals surface area contributed by atoms with Crippen molar-refractivity contribution in [1.82, 2.24) is 9.97 Å². The average molecular weight is 381 g/mol. The van der Waals surface area contributed by atoms with Crippen molar-refractivity contribution in [3.05, 3.63) is 47.8 Å². The van der Waals surface area contributed by atoms with Crippen molar-refractivity contribution < 1.29 is 0 Å². The van der Waals surface area contributed by atoms with Crippen LogP contribution in [0.25, 0.3) is 0 Å². The van der Waals surface area contributed by atoms with Gasteiger partial charge in [-0.05, 0) is 48.6 Å². The summed E-state index contributed by atoms with van der Waals surface area (Å²) in [4.78, 5) is 11.8. The molecule has 5 rings (SSSR count). The van der Waals surface area contributed by atoms with Crippen LogP contribution in [0.15, 0.2) is 41.7 Å². The monoisotopic (exact) mass is 380 g/mol. The highest BCUT2D eigenvalue weighted by atomic mass is 32.2. The first-order chi connectivity index (χ1) is 13.2. The summed E-state index contributed by atoms with van der Waals surface area (Å²) in [7, 11) is 0. The lowest BCUT2D eigenvalue weighted by Gasteiger charge is -2.42. The molecule has 1 aliphatic heterocycles. The van der Waals surface area contributed by atoms with Crippen LogP contribution in [0.1, 0.15) is 55.7 Å². The summed E-state index contributed by atoms with van der Waals surface area (Å²) < 4.78 is 0. The van der Waals surface area contributed by atoms with E-state index in [4.69, 9.17) is 10.7 Å². The van der Waals surface area contributed by atoms with E-state index in [1.807, 2.05) is 24.2 Å². The zero-order valence-electron chi connectivity index (χ0n) is 15.8. The largest absolute Gasteiger partial charge is 0.355 e. The Labute approximate surface area is 166 Å². The van der Waals surface area contributed by atoms with Crippen molar-refractivity contribution in [2.24, 2.45) is 11.1 Å². The number of aromatic nitrogens is 2. The smallest absolute Gasteiger partial charge is 0.147 e. The van der Waals surface area contributed by atoms with Crippen molar-refractivity contribution in [2.45, 2.75) is 61.3 Å². The zero-order chi connectivity index (χ0) is 18.3. The van der Waals surface area contributed by atoms with Gasteiger partial charge in [0.2, 0.25) is 0 Å². The van der Waals surface area contributed by atoms with E-state index in [0.29, 0.717) is 0 Å². The molecule has 2 aromatic rings. The standard InChI is InChI=1S/C22H28N4S/c23-21-18-8-4-1-5-16(18)13-22(21)9-11-26(12-10-22)19-14-25-20(15-24-19)27-17-6-2-3-7-17/h1,4-5,8,14-15,17,21H,2-3,6-7,9-13,23H2/t21-/m1/s1. The molecule has 0 bridgehead atoms. The van der Waals surface area contributed by atoms with Crippen LogP contribution < -0.4 is 10.6 Å². The fourth-order valence-corrected chi connectivity index (χ4v) is 6.33. The highest BCUT2D eigenvalue weighted by molar-refractivity contribution is 7.99. The SMILES string of the molecule is N[C@@H]1c2ccccc2CC12CCN(c1cnc(SC3CCCC3)cn1)CC2. The zero-order valence-corrected chi connectivity index (χ0v) is 16.6. The summed E-state index contributed by atoms with van der Waals surface area (Å²) in [5, 5.41) is 1.82. The first-order valence-electron chi connectivity index (χ1n) is 10.3. The highest BCUT2D eigenvalue weighted by Crippen LogP contribution is 2.50. The van der Waals surface area contributed by atoms with Crippen molar-refractivity contribution >= 4 is 17.6 Å². The number of fused-ring (bicyclic) bond motifs is 1. The first kappa shape index (κ1) is 17.5. The van der Waals surface area contributed by atoms with Crippen LogP contribution in [0.4, 0.5) is 5.82 Å². The third-order valence-corrected chi connectivity index (χ3v) is 8.14. The Morgan fingerprint density at radius 1 is 1.04 bits per heavy atom. The minimum atomic E-state index is 0.173. The maximum Gasteiger partial charge on any atom is 0.147 e. The van der Waals surface area contributed by atoms with Gasteiger partial charge in [-0.3, -0.25) is 0 Å². The quantitative estimate of drug-likeness (QED) is 0.858. The van der Waals surface area contributed by atoms with Gasteiger partial charge >= 0.3 is 0 Å². The Balaban J connectivity index is 1.23. The predicted molar refractivity (Wildman–Crippen MR) is 111 cm³/mol. The van der Waals surface area contributed by atoms with Gasteiger partial charge in [0.15, 0.2) is 0 Å². The van der Waals surface area contributed by atoms with E-state index in [1.54, 1.807) is 0 Å². The Bertz CT molecular complexity index is 792. The second-order valence-electron chi connectivity index (χ2n) is 8.44. The summed E-state index contributed by atoms with van der Waals surface area (Å²) in [6.45, 7) is 2.04. The molecular formula is C22H28N4S. The molecule has 2 aliphatic carbocycles. The number of thioether (sulfide) groups is 1. The van der Waals surface area contributed by atoms with Gasteiger partial charge in [-0.25, -0.2) is 9.97 Å². The number of hydrogen-bond acceptors (Lipinski definition) is 5. The average Bonchev–Trinajstić information content (AvgIpc) is 3.31. The summed E-state index contributed by atoms with van der Waals surface area (Å²) in [5.41, 5.74) is 9.73. The molecule has 0 radical (unpaired) electrons. The van der Waals surface area contributed by atoms with Crippen LogP contribution in [0.3, 0.4) is 0 Å². The molecule has 4 nitrogen and oxygen atoms in total. The molecule has 0 amide bonds. The van der Waals surface area contributed by atoms with Gasteiger partial charge < -0.3 is 10.6 Å². The number of rotatable bonds is 3. The normalized spacial score (nSPS) is 24.5. The molecule has 2 fully saturated rings. The second-order valence-corrected chi connectivity index (χ2v) is 9.76. The molecule has 1 aromatic carbocycles. The van der Waals surface area contributed by atoms with E-state index in [2.05, 4.69) is 34.1 Å². The van der Waals surface area contributed by atoms with Crippen LogP contribution in [-0.4, -0.2) is 28.3 Å². The Morgan fingerprint density at radius 2 is 1.81 bits per heavy atom. The number of benzene rings is 1. The van der Waals surface area contributed by atoms with Gasteiger partial charge in [0.25, 0.3) is 0 Å². The van der Waals surface area contributed by atoms with Gasteiger partial charge in [-0.1, -0.05) is 37.1 Å². The van der Waals surface area contributed by atoms with Gasteiger partial charge in [-0.15, -0.1) is 11.8 Å². The Hall–Kier alpha value is -1.59.